The highest BCUT2D eigenvalue weighted by molar-refractivity contribution is 5.83. The molecule has 1 rings (SSSR count). The van der Waals surface area contributed by atoms with E-state index >= 15 is 0 Å². The molecule has 1 aromatic heterocycles. The van der Waals surface area contributed by atoms with Crippen molar-refractivity contribution in [1.29, 1.82) is 0 Å². The van der Waals surface area contributed by atoms with E-state index in [1.807, 2.05) is 0 Å². The minimum atomic E-state index is -0.604. The number of nitrogens with one attached hydrogen (secondary N) is 3. The van der Waals surface area contributed by atoms with E-state index in [1.54, 1.807) is 20.8 Å². The van der Waals surface area contributed by atoms with Crippen LogP contribution in [-0.2, 0) is 4.74 Å². The number of hydrogen-bond donors (Lipinski definition) is 3. The molecule has 0 spiro atoms. The molecule has 0 aliphatic heterocycles. The number of ether oxygens (including phenoxy) is 1. The standard InChI is InChI=1S/C8H13N3O3/c1-8(2,3)14-7(13)9-5-4-6(12)11-10-5/h4H,1-3H3,(H3,9,10,11,12,13). The summed E-state index contributed by atoms with van der Waals surface area (Å²) in [5, 5.41) is 7.13. The van der Waals surface area contributed by atoms with Crippen LogP contribution in [0.25, 0.3) is 0 Å². The summed E-state index contributed by atoms with van der Waals surface area (Å²) in [6.07, 6.45) is -0.604. The van der Waals surface area contributed by atoms with Gasteiger partial charge in [-0.15, -0.1) is 0 Å². The molecule has 1 amide bonds. The lowest BCUT2D eigenvalue weighted by Gasteiger charge is -2.19. The van der Waals surface area contributed by atoms with Crippen molar-refractivity contribution >= 4 is 11.9 Å². The first kappa shape index (κ1) is 10.4. The molecule has 0 atom stereocenters. The van der Waals surface area contributed by atoms with Crippen molar-refractivity contribution in [3.63, 3.8) is 0 Å². The SMILES string of the molecule is CC(C)(C)OC(=O)Nc1cc(=O)[nH][nH]1. The number of anilines is 1. The number of rotatable bonds is 1. The third-order valence-electron chi connectivity index (χ3n) is 1.23. The molecule has 0 saturated heterocycles. The minimum Gasteiger partial charge on any atom is -0.444 e. The maximum Gasteiger partial charge on any atom is 0.413 e. The molecule has 0 saturated carbocycles. The Balaban J connectivity index is 2.54. The highest BCUT2D eigenvalue weighted by Crippen LogP contribution is 2.08. The lowest BCUT2D eigenvalue weighted by atomic mass is 10.2. The molecule has 0 fully saturated rings. The third kappa shape index (κ3) is 3.34. The summed E-state index contributed by atoms with van der Waals surface area (Å²) in [4.78, 5) is 21.8. The minimum absolute atomic E-state index is 0.282. The summed E-state index contributed by atoms with van der Waals surface area (Å²) < 4.78 is 4.96. The Labute approximate surface area is 80.6 Å². The molecule has 0 unspecified atom stereocenters. The van der Waals surface area contributed by atoms with Crippen LogP contribution in [0.1, 0.15) is 20.8 Å². The van der Waals surface area contributed by atoms with Crippen molar-refractivity contribution in [2.24, 2.45) is 0 Å². The first-order valence-corrected chi connectivity index (χ1v) is 4.14. The van der Waals surface area contributed by atoms with Crippen molar-refractivity contribution in [2.45, 2.75) is 26.4 Å². The van der Waals surface area contributed by atoms with Crippen LogP contribution < -0.4 is 10.9 Å². The van der Waals surface area contributed by atoms with E-state index in [-0.39, 0.29) is 11.4 Å². The van der Waals surface area contributed by atoms with E-state index in [2.05, 4.69) is 15.5 Å². The molecule has 1 heterocycles. The zero-order chi connectivity index (χ0) is 10.8. The van der Waals surface area contributed by atoms with E-state index in [0.29, 0.717) is 0 Å². The fourth-order valence-electron chi connectivity index (χ4n) is 0.813. The Morgan fingerprint density at radius 1 is 1.43 bits per heavy atom. The Bertz CT molecular complexity index is 372. The molecule has 14 heavy (non-hydrogen) atoms. The van der Waals surface area contributed by atoms with Gasteiger partial charge in [0.25, 0.3) is 5.56 Å². The van der Waals surface area contributed by atoms with Gasteiger partial charge in [-0.2, -0.15) is 0 Å². The zero-order valence-corrected chi connectivity index (χ0v) is 8.30. The average Bonchev–Trinajstić information content (AvgIpc) is 2.30. The number of amides is 1. The Morgan fingerprint density at radius 3 is 2.50 bits per heavy atom. The summed E-state index contributed by atoms with van der Waals surface area (Å²) in [6.45, 7) is 5.27. The zero-order valence-electron chi connectivity index (χ0n) is 8.30. The fourth-order valence-corrected chi connectivity index (χ4v) is 0.813. The first-order chi connectivity index (χ1) is 6.37. The second-order valence-electron chi connectivity index (χ2n) is 3.80. The molecular formula is C8H13N3O3. The van der Waals surface area contributed by atoms with Gasteiger partial charge in [0.2, 0.25) is 0 Å². The Kier molecular flexibility index (Phi) is 2.64. The van der Waals surface area contributed by atoms with Gasteiger partial charge in [-0.1, -0.05) is 0 Å². The molecule has 0 bridgehead atoms. The molecule has 0 aliphatic rings. The topological polar surface area (TPSA) is 87.0 Å². The van der Waals surface area contributed by atoms with E-state index in [0.717, 1.165) is 0 Å². The van der Waals surface area contributed by atoms with Gasteiger partial charge in [-0.3, -0.25) is 20.3 Å². The maximum absolute atomic E-state index is 11.2. The lowest BCUT2D eigenvalue weighted by molar-refractivity contribution is 0.0635. The van der Waals surface area contributed by atoms with Crippen molar-refractivity contribution in [3.05, 3.63) is 16.4 Å². The number of H-pyrrole nitrogens is 2. The molecule has 78 valence electrons. The monoisotopic (exact) mass is 199 g/mol. The second-order valence-corrected chi connectivity index (χ2v) is 3.80. The van der Waals surface area contributed by atoms with Gasteiger partial charge < -0.3 is 4.74 Å². The highest BCUT2D eigenvalue weighted by atomic mass is 16.6. The predicted octanol–water partition coefficient (Wildman–Crippen LogP) is 1.05. The van der Waals surface area contributed by atoms with Crippen LogP contribution >= 0.6 is 0 Å². The van der Waals surface area contributed by atoms with Gasteiger partial charge in [0.1, 0.15) is 11.4 Å². The van der Waals surface area contributed by atoms with Crippen LogP contribution in [0, 0.1) is 0 Å². The van der Waals surface area contributed by atoms with Crippen LogP contribution in [0.4, 0.5) is 10.6 Å². The Hall–Kier alpha value is -1.72. The summed E-state index contributed by atoms with van der Waals surface area (Å²) in [5.74, 6) is 0.282. The van der Waals surface area contributed by atoms with Crippen LogP contribution in [0.3, 0.4) is 0 Å². The summed E-state index contributed by atoms with van der Waals surface area (Å²) >= 11 is 0. The normalized spacial score (nSPS) is 11.1. The highest BCUT2D eigenvalue weighted by Gasteiger charge is 2.16. The number of aromatic amines is 2. The number of carbonyl (C=O) groups excluding carboxylic acids is 1. The quantitative estimate of drug-likeness (QED) is 0.631. The van der Waals surface area contributed by atoms with Gasteiger partial charge in [0.05, 0.1) is 0 Å². The molecule has 0 aliphatic carbocycles. The number of aromatic nitrogens is 2. The van der Waals surface area contributed by atoms with Crippen molar-refractivity contribution in [2.75, 3.05) is 5.32 Å². The summed E-state index contributed by atoms with van der Waals surface area (Å²) in [5.41, 5.74) is -0.864. The first-order valence-electron chi connectivity index (χ1n) is 4.14. The molecular weight excluding hydrogens is 186 g/mol. The molecule has 3 N–H and O–H groups in total. The molecule has 0 radical (unpaired) electrons. The van der Waals surface area contributed by atoms with Crippen LogP contribution in [-0.4, -0.2) is 21.9 Å². The smallest absolute Gasteiger partial charge is 0.413 e. The Morgan fingerprint density at radius 2 is 2.07 bits per heavy atom. The lowest BCUT2D eigenvalue weighted by Crippen LogP contribution is -2.27. The van der Waals surface area contributed by atoms with E-state index in [9.17, 15) is 9.59 Å². The van der Waals surface area contributed by atoms with Gasteiger partial charge in [-0.05, 0) is 20.8 Å². The summed E-state index contributed by atoms with van der Waals surface area (Å²) in [7, 11) is 0. The van der Waals surface area contributed by atoms with E-state index in [1.165, 1.54) is 6.07 Å². The largest absolute Gasteiger partial charge is 0.444 e. The van der Waals surface area contributed by atoms with Crippen molar-refractivity contribution in [3.8, 4) is 0 Å². The van der Waals surface area contributed by atoms with E-state index in [4.69, 9.17) is 4.74 Å². The maximum atomic E-state index is 11.2. The number of hydrogen-bond acceptors (Lipinski definition) is 3. The van der Waals surface area contributed by atoms with Crippen LogP contribution in [0.2, 0.25) is 0 Å². The van der Waals surface area contributed by atoms with Gasteiger partial charge in [-0.25, -0.2) is 4.79 Å². The van der Waals surface area contributed by atoms with Crippen molar-refractivity contribution < 1.29 is 9.53 Å². The third-order valence-corrected chi connectivity index (χ3v) is 1.23. The van der Waals surface area contributed by atoms with Gasteiger partial charge in [0.15, 0.2) is 0 Å². The van der Waals surface area contributed by atoms with E-state index < -0.39 is 11.7 Å². The van der Waals surface area contributed by atoms with Crippen LogP contribution in [0.5, 0.6) is 0 Å². The molecule has 1 aromatic rings. The predicted molar refractivity (Wildman–Crippen MR) is 51.3 cm³/mol. The fraction of sp³-hybridized carbons (Fsp3) is 0.500. The molecule has 0 aromatic carbocycles. The van der Waals surface area contributed by atoms with Crippen molar-refractivity contribution in [1.82, 2.24) is 10.2 Å². The van der Waals surface area contributed by atoms with Gasteiger partial charge >= 0.3 is 6.09 Å². The van der Waals surface area contributed by atoms with Gasteiger partial charge in [0, 0.05) is 6.07 Å². The van der Waals surface area contributed by atoms with Crippen LogP contribution in [0.15, 0.2) is 10.9 Å². The molecule has 6 heteroatoms. The summed E-state index contributed by atoms with van der Waals surface area (Å²) in [6, 6.07) is 1.23. The molecule has 6 nitrogen and oxygen atoms in total. The average molecular weight is 199 g/mol. The number of carbonyl (C=O) groups is 1. The second kappa shape index (κ2) is 3.57.